The largest absolute Gasteiger partial charge is 0.356 e. The summed E-state index contributed by atoms with van der Waals surface area (Å²) in [7, 11) is -1.38. The summed E-state index contributed by atoms with van der Waals surface area (Å²) in [6, 6.07) is 4.07. The molecule has 0 spiro atoms. The highest BCUT2D eigenvalue weighted by Crippen LogP contribution is 2.06. The second kappa shape index (κ2) is 8.93. The number of nitrogens with one attached hydrogen (secondary N) is 3. The van der Waals surface area contributed by atoms with Crippen molar-refractivity contribution >= 4 is 27.3 Å². The van der Waals surface area contributed by atoms with Crippen molar-refractivity contribution in [1.29, 1.82) is 0 Å². The van der Waals surface area contributed by atoms with Crippen molar-refractivity contribution in [3.05, 3.63) is 22.4 Å². The van der Waals surface area contributed by atoms with E-state index in [1.807, 2.05) is 11.4 Å². The summed E-state index contributed by atoms with van der Waals surface area (Å²) in [5.41, 5.74) is 0. The molecule has 1 aromatic rings. The molecule has 0 saturated heterocycles. The number of sulfonamides is 1. The smallest absolute Gasteiger partial charge is 0.211 e. The lowest BCUT2D eigenvalue weighted by Crippen LogP contribution is -2.38. The predicted octanol–water partition coefficient (Wildman–Crippen LogP) is 0.743. The van der Waals surface area contributed by atoms with Crippen LogP contribution in [0.4, 0.5) is 0 Å². The quantitative estimate of drug-likeness (QED) is 0.375. The van der Waals surface area contributed by atoms with Gasteiger partial charge in [0.2, 0.25) is 10.0 Å². The molecule has 0 aliphatic rings. The average Bonchev–Trinajstić information content (AvgIpc) is 2.95. The molecule has 6 nitrogen and oxygen atoms in total. The van der Waals surface area contributed by atoms with Crippen molar-refractivity contribution in [3.63, 3.8) is 0 Å². The Kier molecular flexibility index (Phi) is 7.56. The highest BCUT2D eigenvalue weighted by Gasteiger charge is 2.04. The molecule has 20 heavy (non-hydrogen) atoms. The van der Waals surface area contributed by atoms with E-state index in [1.54, 1.807) is 25.3 Å². The number of guanidine groups is 1. The summed E-state index contributed by atoms with van der Waals surface area (Å²) in [5, 5.41) is 8.38. The normalized spacial score (nSPS) is 12.4. The molecule has 1 aromatic heterocycles. The number of nitrogens with zero attached hydrogens (tertiary/aromatic N) is 1. The molecule has 0 aliphatic carbocycles. The summed E-state index contributed by atoms with van der Waals surface area (Å²) in [4.78, 5) is 5.35. The Morgan fingerprint density at radius 3 is 2.75 bits per heavy atom. The number of hydrogen-bond acceptors (Lipinski definition) is 4. The van der Waals surface area contributed by atoms with Crippen LogP contribution in [0.15, 0.2) is 22.5 Å². The molecular formula is C12H22N4O2S2. The standard InChI is InChI=1S/C12H22N4O2S2/c1-3-20(17,18)16-8-5-7-14-12(13-2)15-10-11-6-4-9-19-11/h4,6,9,16H,3,5,7-8,10H2,1-2H3,(H2,13,14,15). The van der Waals surface area contributed by atoms with Gasteiger partial charge in [-0.05, 0) is 24.8 Å². The van der Waals surface area contributed by atoms with Gasteiger partial charge < -0.3 is 10.6 Å². The van der Waals surface area contributed by atoms with Crippen molar-refractivity contribution in [2.75, 3.05) is 25.9 Å². The highest BCUT2D eigenvalue weighted by molar-refractivity contribution is 7.89. The lowest BCUT2D eigenvalue weighted by Gasteiger charge is -2.11. The van der Waals surface area contributed by atoms with E-state index in [2.05, 4.69) is 26.4 Å². The van der Waals surface area contributed by atoms with E-state index in [-0.39, 0.29) is 5.75 Å². The lowest BCUT2D eigenvalue weighted by atomic mass is 10.4. The Balaban J connectivity index is 2.16. The number of aliphatic imine (C=N–C) groups is 1. The fourth-order valence-corrected chi connectivity index (χ4v) is 2.73. The van der Waals surface area contributed by atoms with E-state index >= 15 is 0 Å². The van der Waals surface area contributed by atoms with Gasteiger partial charge in [0.15, 0.2) is 5.96 Å². The zero-order valence-electron chi connectivity index (χ0n) is 11.8. The summed E-state index contributed by atoms with van der Waals surface area (Å²) >= 11 is 1.69. The first-order valence-corrected chi connectivity index (χ1v) is 9.05. The van der Waals surface area contributed by atoms with Crippen LogP contribution in [-0.4, -0.2) is 40.3 Å². The third-order valence-electron chi connectivity index (χ3n) is 2.58. The van der Waals surface area contributed by atoms with Gasteiger partial charge in [0, 0.05) is 25.0 Å². The second-order valence-corrected chi connectivity index (χ2v) is 7.21. The maximum Gasteiger partial charge on any atom is 0.211 e. The van der Waals surface area contributed by atoms with E-state index in [1.165, 1.54) is 4.88 Å². The molecule has 0 amide bonds. The SMILES string of the molecule is CCS(=O)(=O)NCCCNC(=NC)NCc1cccs1. The first kappa shape index (κ1) is 16.9. The predicted molar refractivity (Wildman–Crippen MR) is 84.6 cm³/mol. The molecule has 114 valence electrons. The Hall–Kier alpha value is -1.12. The van der Waals surface area contributed by atoms with E-state index in [9.17, 15) is 8.42 Å². The van der Waals surface area contributed by atoms with Crippen molar-refractivity contribution in [3.8, 4) is 0 Å². The molecule has 0 fully saturated rings. The molecule has 8 heteroatoms. The first-order valence-electron chi connectivity index (χ1n) is 6.51. The fraction of sp³-hybridized carbons (Fsp3) is 0.583. The zero-order chi connectivity index (χ0) is 14.8. The van der Waals surface area contributed by atoms with Crippen LogP contribution in [0.1, 0.15) is 18.2 Å². The molecule has 0 aromatic carbocycles. The van der Waals surface area contributed by atoms with Gasteiger partial charge in [-0.15, -0.1) is 11.3 Å². The monoisotopic (exact) mass is 318 g/mol. The minimum atomic E-state index is -3.09. The maximum absolute atomic E-state index is 11.2. The van der Waals surface area contributed by atoms with Crippen LogP contribution < -0.4 is 15.4 Å². The fourth-order valence-electron chi connectivity index (χ4n) is 1.43. The maximum atomic E-state index is 11.2. The number of hydrogen-bond donors (Lipinski definition) is 3. The Morgan fingerprint density at radius 2 is 2.15 bits per heavy atom. The minimum Gasteiger partial charge on any atom is -0.356 e. The molecule has 0 atom stereocenters. The first-order chi connectivity index (χ1) is 9.57. The molecule has 1 rings (SSSR count). The van der Waals surface area contributed by atoms with Crippen LogP contribution in [0.2, 0.25) is 0 Å². The van der Waals surface area contributed by atoms with Crippen molar-refractivity contribution in [2.45, 2.75) is 19.9 Å². The highest BCUT2D eigenvalue weighted by atomic mass is 32.2. The van der Waals surface area contributed by atoms with Crippen LogP contribution in [-0.2, 0) is 16.6 Å². The summed E-state index contributed by atoms with van der Waals surface area (Å²) in [6.07, 6.45) is 0.707. The van der Waals surface area contributed by atoms with Gasteiger partial charge in [0.05, 0.1) is 12.3 Å². The van der Waals surface area contributed by atoms with Crippen molar-refractivity contribution in [1.82, 2.24) is 15.4 Å². The Labute approximate surface area is 124 Å². The molecular weight excluding hydrogens is 296 g/mol. The van der Waals surface area contributed by atoms with E-state index in [0.717, 1.165) is 12.5 Å². The van der Waals surface area contributed by atoms with Crippen molar-refractivity contribution in [2.24, 2.45) is 4.99 Å². The van der Waals surface area contributed by atoms with Gasteiger partial charge in [-0.3, -0.25) is 4.99 Å². The van der Waals surface area contributed by atoms with Crippen molar-refractivity contribution < 1.29 is 8.42 Å². The third kappa shape index (κ3) is 6.88. The summed E-state index contributed by atoms with van der Waals surface area (Å²) in [5.74, 6) is 0.835. The van der Waals surface area contributed by atoms with E-state index < -0.39 is 10.0 Å². The number of rotatable bonds is 8. The zero-order valence-corrected chi connectivity index (χ0v) is 13.5. The third-order valence-corrected chi connectivity index (χ3v) is 4.86. The Morgan fingerprint density at radius 1 is 1.35 bits per heavy atom. The average molecular weight is 318 g/mol. The number of thiophene rings is 1. The molecule has 0 bridgehead atoms. The summed E-state index contributed by atoms with van der Waals surface area (Å²) in [6.45, 7) is 3.46. The second-order valence-electron chi connectivity index (χ2n) is 4.08. The molecule has 0 saturated carbocycles. The van der Waals surface area contributed by atoms with Crippen LogP contribution in [0, 0.1) is 0 Å². The van der Waals surface area contributed by atoms with Crippen LogP contribution in [0.3, 0.4) is 0 Å². The Bertz CT molecular complexity index is 498. The van der Waals surface area contributed by atoms with Gasteiger partial charge in [-0.25, -0.2) is 13.1 Å². The minimum absolute atomic E-state index is 0.116. The van der Waals surface area contributed by atoms with Crippen LogP contribution in [0.5, 0.6) is 0 Å². The van der Waals surface area contributed by atoms with Gasteiger partial charge in [0.1, 0.15) is 0 Å². The topological polar surface area (TPSA) is 82.6 Å². The lowest BCUT2D eigenvalue weighted by molar-refractivity contribution is 0.579. The van der Waals surface area contributed by atoms with Crippen LogP contribution >= 0.6 is 11.3 Å². The van der Waals surface area contributed by atoms with E-state index in [4.69, 9.17) is 0 Å². The summed E-state index contributed by atoms with van der Waals surface area (Å²) < 4.78 is 25.0. The van der Waals surface area contributed by atoms with E-state index in [0.29, 0.717) is 19.5 Å². The van der Waals surface area contributed by atoms with Crippen LogP contribution in [0.25, 0.3) is 0 Å². The molecule has 0 aliphatic heterocycles. The molecule has 1 heterocycles. The molecule has 0 unspecified atom stereocenters. The van der Waals surface area contributed by atoms with Gasteiger partial charge >= 0.3 is 0 Å². The molecule has 0 radical (unpaired) electrons. The van der Waals surface area contributed by atoms with Gasteiger partial charge in [0.25, 0.3) is 0 Å². The van der Waals surface area contributed by atoms with Gasteiger partial charge in [-0.1, -0.05) is 6.07 Å². The molecule has 3 N–H and O–H groups in total. The van der Waals surface area contributed by atoms with Gasteiger partial charge in [-0.2, -0.15) is 0 Å².